The van der Waals surface area contributed by atoms with Gasteiger partial charge in [0.2, 0.25) is 0 Å². The summed E-state index contributed by atoms with van der Waals surface area (Å²) in [6.45, 7) is 3.21. The van der Waals surface area contributed by atoms with Crippen LogP contribution in [0.3, 0.4) is 0 Å². The molecule has 3 heteroatoms. The second-order valence-electron chi connectivity index (χ2n) is 4.83. The lowest BCUT2D eigenvalue weighted by atomic mass is 10.1. The number of hydrogen-bond acceptors (Lipinski definition) is 3. The van der Waals surface area contributed by atoms with E-state index in [1.54, 1.807) is 0 Å². The lowest BCUT2D eigenvalue weighted by Crippen LogP contribution is -2.10. The van der Waals surface area contributed by atoms with Crippen molar-refractivity contribution in [1.29, 1.82) is 0 Å². The summed E-state index contributed by atoms with van der Waals surface area (Å²) >= 11 is 0. The highest BCUT2D eigenvalue weighted by atomic mass is 16.5. The Labute approximate surface area is 113 Å². The van der Waals surface area contributed by atoms with Gasteiger partial charge in [0.1, 0.15) is 24.7 Å². The first-order valence-electron chi connectivity index (χ1n) is 6.43. The van der Waals surface area contributed by atoms with E-state index in [4.69, 9.17) is 15.2 Å². The molecule has 2 N–H and O–H groups in total. The van der Waals surface area contributed by atoms with Gasteiger partial charge in [0.05, 0.1) is 6.04 Å². The molecule has 0 fully saturated rings. The molecular formula is C16H17NO2. The van der Waals surface area contributed by atoms with Gasteiger partial charge in [-0.15, -0.1) is 0 Å². The molecule has 0 amide bonds. The van der Waals surface area contributed by atoms with Gasteiger partial charge in [0.15, 0.2) is 0 Å². The molecule has 2 aromatic rings. The van der Waals surface area contributed by atoms with Crippen LogP contribution in [0, 0.1) is 6.92 Å². The zero-order valence-electron chi connectivity index (χ0n) is 10.9. The van der Waals surface area contributed by atoms with Crippen LogP contribution in [0.1, 0.15) is 22.7 Å². The molecule has 1 aliphatic heterocycles. The van der Waals surface area contributed by atoms with E-state index in [2.05, 4.69) is 19.1 Å². The first-order valence-corrected chi connectivity index (χ1v) is 6.43. The van der Waals surface area contributed by atoms with Crippen molar-refractivity contribution >= 4 is 0 Å². The normalized spacial score (nSPS) is 16.8. The van der Waals surface area contributed by atoms with Gasteiger partial charge in [-0.05, 0) is 30.2 Å². The fraction of sp³-hybridized carbons (Fsp3) is 0.250. The minimum Gasteiger partial charge on any atom is -0.491 e. The smallest absolute Gasteiger partial charge is 0.127 e. The van der Waals surface area contributed by atoms with Crippen molar-refractivity contribution in [2.24, 2.45) is 5.73 Å². The van der Waals surface area contributed by atoms with Gasteiger partial charge >= 0.3 is 0 Å². The van der Waals surface area contributed by atoms with Crippen LogP contribution in [0.4, 0.5) is 0 Å². The molecular weight excluding hydrogens is 238 g/mol. The van der Waals surface area contributed by atoms with Gasteiger partial charge in [0.25, 0.3) is 0 Å². The summed E-state index contributed by atoms with van der Waals surface area (Å²) in [6, 6.07) is 14.1. The molecule has 1 heterocycles. The van der Waals surface area contributed by atoms with Crippen LogP contribution < -0.4 is 15.2 Å². The van der Waals surface area contributed by atoms with Gasteiger partial charge in [0, 0.05) is 11.6 Å². The highest BCUT2D eigenvalue weighted by molar-refractivity contribution is 5.44. The Kier molecular flexibility index (Phi) is 3.13. The summed E-state index contributed by atoms with van der Waals surface area (Å²) in [6.07, 6.45) is 0. The third-order valence-electron chi connectivity index (χ3n) is 3.46. The van der Waals surface area contributed by atoms with E-state index in [9.17, 15) is 0 Å². The van der Waals surface area contributed by atoms with E-state index in [-0.39, 0.29) is 6.04 Å². The lowest BCUT2D eigenvalue weighted by molar-refractivity contribution is 0.300. The second-order valence-corrected chi connectivity index (χ2v) is 4.83. The maximum Gasteiger partial charge on any atom is 0.127 e. The van der Waals surface area contributed by atoms with Gasteiger partial charge in [-0.1, -0.05) is 24.3 Å². The van der Waals surface area contributed by atoms with E-state index >= 15 is 0 Å². The number of aryl methyl sites for hydroxylation is 1. The molecule has 98 valence electrons. The molecule has 0 saturated carbocycles. The van der Waals surface area contributed by atoms with Crippen LogP contribution in [0.25, 0.3) is 0 Å². The summed E-state index contributed by atoms with van der Waals surface area (Å²) in [5.74, 6) is 1.66. The number of benzene rings is 2. The highest BCUT2D eigenvalue weighted by Crippen LogP contribution is 2.34. The molecule has 3 rings (SSSR count). The minimum absolute atomic E-state index is 0.0135. The zero-order valence-corrected chi connectivity index (χ0v) is 10.9. The summed E-state index contributed by atoms with van der Waals surface area (Å²) < 4.78 is 11.3. The Morgan fingerprint density at radius 3 is 2.95 bits per heavy atom. The standard InChI is InChI=1S/C16H17NO2/c1-11-4-2-3-5-12(11)9-18-13-6-7-14-15(17)10-19-16(14)8-13/h2-8,15H,9-10,17H2,1H3. The van der Waals surface area contributed by atoms with Gasteiger partial charge in [-0.25, -0.2) is 0 Å². The molecule has 1 unspecified atom stereocenters. The van der Waals surface area contributed by atoms with Crippen LogP contribution in [0.2, 0.25) is 0 Å². The predicted octanol–water partition coefficient (Wildman–Crippen LogP) is 2.97. The highest BCUT2D eigenvalue weighted by Gasteiger charge is 2.20. The van der Waals surface area contributed by atoms with Crippen LogP contribution in [-0.4, -0.2) is 6.61 Å². The molecule has 1 aliphatic rings. The molecule has 0 aromatic heterocycles. The second kappa shape index (κ2) is 4.94. The molecule has 1 atom stereocenters. The molecule has 3 nitrogen and oxygen atoms in total. The maximum absolute atomic E-state index is 5.92. The van der Waals surface area contributed by atoms with Crippen molar-refractivity contribution in [2.75, 3.05) is 6.61 Å². The Hall–Kier alpha value is -2.00. The molecule has 0 bridgehead atoms. The molecule has 2 aromatic carbocycles. The van der Waals surface area contributed by atoms with Gasteiger partial charge in [-0.3, -0.25) is 0 Å². The number of fused-ring (bicyclic) bond motifs is 1. The van der Waals surface area contributed by atoms with E-state index in [1.807, 2.05) is 30.3 Å². The maximum atomic E-state index is 5.92. The quantitative estimate of drug-likeness (QED) is 0.917. The van der Waals surface area contributed by atoms with Crippen LogP contribution in [0.5, 0.6) is 11.5 Å². The van der Waals surface area contributed by atoms with Crippen LogP contribution >= 0.6 is 0 Å². The predicted molar refractivity (Wildman–Crippen MR) is 74.4 cm³/mol. The van der Waals surface area contributed by atoms with Crippen molar-refractivity contribution in [3.05, 3.63) is 59.2 Å². The molecule has 0 spiro atoms. The summed E-state index contributed by atoms with van der Waals surface area (Å²) in [4.78, 5) is 0. The van der Waals surface area contributed by atoms with Crippen molar-refractivity contribution < 1.29 is 9.47 Å². The molecule has 0 aliphatic carbocycles. The Morgan fingerprint density at radius 1 is 1.26 bits per heavy atom. The number of nitrogens with two attached hydrogens (primary N) is 1. The first-order chi connectivity index (χ1) is 9.24. The zero-order chi connectivity index (χ0) is 13.2. The fourth-order valence-electron chi connectivity index (χ4n) is 2.24. The monoisotopic (exact) mass is 255 g/mol. The molecule has 0 saturated heterocycles. The third-order valence-corrected chi connectivity index (χ3v) is 3.46. The lowest BCUT2D eigenvalue weighted by Gasteiger charge is -2.09. The van der Waals surface area contributed by atoms with Crippen molar-refractivity contribution in [1.82, 2.24) is 0 Å². The van der Waals surface area contributed by atoms with Crippen molar-refractivity contribution in [3.8, 4) is 11.5 Å². The van der Waals surface area contributed by atoms with Crippen LogP contribution in [-0.2, 0) is 6.61 Å². The average molecular weight is 255 g/mol. The summed E-state index contributed by atoms with van der Waals surface area (Å²) in [5, 5.41) is 0. The number of ether oxygens (including phenoxy) is 2. The van der Waals surface area contributed by atoms with E-state index < -0.39 is 0 Å². The van der Waals surface area contributed by atoms with E-state index in [0.29, 0.717) is 13.2 Å². The molecule has 0 radical (unpaired) electrons. The first kappa shape index (κ1) is 12.1. The summed E-state index contributed by atoms with van der Waals surface area (Å²) in [5.41, 5.74) is 9.41. The largest absolute Gasteiger partial charge is 0.491 e. The topological polar surface area (TPSA) is 44.5 Å². The summed E-state index contributed by atoms with van der Waals surface area (Å²) in [7, 11) is 0. The Balaban J connectivity index is 1.73. The average Bonchev–Trinajstić information content (AvgIpc) is 2.79. The van der Waals surface area contributed by atoms with Crippen LogP contribution in [0.15, 0.2) is 42.5 Å². The van der Waals surface area contributed by atoms with Crippen molar-refractivity contribution in [2.45, 2.75) is 19.6 Å². The minimum atomic E-state index is -0.0135. The molecule has 19 heavy (non-hydrogen) atoms. The Bertz CT molecular complexity index is 595. The number of rotatable bonds is 3. The van der Waals surface area contributed by atoms with Gasteiger partial charge in [-0.2, -0.15) is 0 Å². The fourth-order valence-corrected chi connectivity index (χ4v) is 2.24. The SMILES string of the molecule is Cc1ccccc1COc1ccc2c(c1)OCC2N. The van der Waals surface area contributed by atoms with E-state index in [1.165, 1.54) is 11.1 Å². The number of hydrogen-bond donors (Lipinski definition) is 1. The third kappa shape index (κ3) is 2.42. The van der Waals surface area contributed by atoms with E-state index in [0.717, 1.165) is 17.1 Å². The Morgan fingerprint density at radius 2 is 2.11 bits per heavy atom. The van der Waals surface area contributed by atoms with Gasteiger partial charge < -0.3 is 15.2 Å². The van der Waals surface area contributed by atoms with Crippen molar-refractivity contribution in [3.63, 3.8) is 0 Å².